The molecule has 1 atom stereocenters. The maximum absolute atomic E-state index is 12.5. The predicted molar refractivity (Wildman–Crippen MR) is 100 cm³/mol. The van der Waals surface area contributed by atoms with Gasteiger partial charge >= 0.3 is 0 Å². The zero-order chi connectivity index (χ0) is 17.4. The number of carbonyl (C=O) groups excluding carboxylic acids is 1. The van der Waals surface area contributed by atoms with E-state index in [2.05, 4.69) is 22.3 Å². The molecular weight excluding hydrogens is 356 g/mol. The monoisotopic (exact) mass is 372 g/mol. The van der Waals surface area contributed by atoms with Gasteiger partial charge in [-0.1, -0.05) is 23.7 Å². The number of rotatable bonds is 5. The second kappa shape index (κ2) is 6.61. The SMILES string of the molecule is CC(C1CC1)n1nccc1NC(=O)c1csc(-c2ccc(Cl)cc2)n1. The third kappa shape index (κ3) is 3.45. The standard InChI is InChI=1S/C18H17ClN4OS/c1-11(12-2-3-12)23-16(8-9-20-23)22-17(24)15-10-25-18(21-15)13-4-6-14(19)7-5-13/h4-12H,2-3H2,1H3,(H,22,24). The Hall–Kier alpha value is -2.18. The lowest BCUT2D eigenvalue weighted by Crippen LogP contribution is -2.18. The summed E-state index contributed by atoms with van der Waals surface area (Å²) in [5, 5.41) is 10.5. The first-order chi connectivity index (χ1) is 12.1. The Morgan fingerprint density at radius 3 is 2.80 bits per heavy atom. The Morgan fingerprint density at radius 2 is 2.08 bits per heavy atom. The van der Waals surface area contributed by atoms with Crippen molar-refractivity contribution in [2.75, 3.05) is 5.32 Å². The van der Waals surface area contributed by atoms with E-state index in [1.165, 1.54) is 24.2 Å². The molecule has 0 bridgehead atoms. The molecule has 4 rings (SSSR count). The first-order valence-electron chi connectivity index (χ1n) is 8.18. The highest BCUT2D eigenvalue weighted by atomic mass is 35.5. The Morgan fingerprint density at radius 1 is 1.32 bits per heavy atom. The van der Waals surface area contributed by atoms with Crippen LogP contribution in [0.25, 0.3) is 10.6 Å². The van der Waals surface area contributed by atoms with E-state index in [9.17, 15) is 4.79 Å². The summed E-state index contributed by atoms with van der Waals surface area (Å²) in [6.07, 6.45) is 4.17. The lowest BCUT2D eigenvalue weighted by Gasteiger charge is -2.14. The molecule has 128 valence electrons. The van der Waals surface area contributed by atoms with Crippen LogP contribution in [0.3, 0.4) is 0 Å². The molecular formula is C18H17ClN4OS. The van der Waals surface area contributed by atoms with Gasteiger partial charge in [-0.05, 0) is 37.8 Å². The first-order valence-corrected chi connectivity index (χ1v) is 9.44. The van der Waals surface area contributed by atoms with Crippen LogP contribution in [0.1, 0.15) is 36.3 Å². The fraction of sp³-hybridized carbons (Fsp3) is 0.278. The summed E-state index contributed by atoms with van der Waals surface area (Å²) in [4.78, 5) is 17.0. The number of nitrogens with zero attached hydrogens (tertiary/aromatic N) is 3. The molecule has 3 aromatic rings. The normalized spacial score (nSPS) is 15.1. The molecule has 2 heterocycles. The van der Waals surface area contributed by atoms with Crippen molar-refractivity contribution < 1.29 is 4.79 Å². The summed E-state index contributed by atoms with van der Waals surface area (Å²) in [6, 6.07) is 9.55. The molecule has 0 aliphatic heterocycles. The van der Waals surface area contributed by atoms with Crippen LogP contribution in [0.15, 0.2) is 41.9 Å². The van der Waals surface area contributed by atoms with Crippen molar-refractivity contribution in [3.8, 4) is 10.6 Å². The highest BCUT2D eigenvalue weighted by Crippen LogP contribution is 2.40. The van der Waals surface area contributed by atoms with Crippen molar-refractivity contribution in [3.05, 3.63) is 52.6 Å². The largest absolute Gasteiger partial charge is 0.305 e. The number of halogens is 1. The number of thiazole rings is 1. The Balaban J connectivity index is 1.50. The minimum atomic E-state index is -0.221. The third-order valence-electron chi connectivity index (χ3n) is 4.43. The van der Waals surface area contributed by atoms with Crippen molar-refractivity contribution in [2.45, 2.75) is 25.8 Å². The number of nitrogens with one attached hydrogen (secondary N) is 1. The average molecular weight is 373 g/mol. The van der Waals surface area contributed by atoms with Gasteiger partial charge in [-0.3, -0.25) is 4.79 Å². The molecule has 7 heteroatoms. The molecule has 0 radical (unpaired) electrons. The predicted octanol–water partition coefficient (Wildman–Crippen LogP) is 4.88. The van der Waals surface area contributed by atoms with Crippen LogP contribution in [0.2, 0.25) is 5.02 Å². The zero-order valence-corrected chi connectivity index (χ0v) is 15.2. The van der Waals surface area contributed by atoms with E-state index >= 15 is 0 Å². The van der Waals surface area contributed by atoms with Crippen molar-refractivity contribution >= 4 is 34.7 Å². The van der Waals surface area contributed by atoms with Gasteiger partial charge in [0.1, 0.15) is 16.5 Å². The highest BCUT2D eigenvalue weighted by molar-refractivity contribution is 7.13. The number of carbonyl (C=O) groups is 1. The van der Waals surface area contributed by atoms with Gasteiger partial charge in [-0.15, -0.1) is 11.3 Å². The lowest BCUT2D eigenvalue weighted by atomic mass is 10.2. The summed E-state index contributed by atoms with van der Waals surface area (Å²) >= 11 is 7.35. The molecule has 5 nitrogen and oxygen atoms in total. The second-order valence-corrected chi connectivity index (χ2v) is 7.53. The number of hydrogen-bond donors (Lipinski definition) is 1. The number of amides is 1. The van der Waals surface area contributed by atoms with Crippen LogP contribution in [0.5, 0.6) is 0 Å². The van der Waals surface area contributed by atoms with Gasteiger partial charge in [0.05, 0.1) is 12.2 Å². The average Bonchev–Trinajstić information content (AvgIpc) is 3.16. The van der Waals surface area contributed by atoms with Crippen LogP contribution in [0.4, 0.5) is 5.82 Å². The van der Waals surface area contributed by atoms with Crippen LogP contribution >= 0.6 is 22.9 Å². The Bertz CT molecular complexity index is 898. The Kier molecular flexibility index (Phi) is 4.31. The number of benzene rings is 1. The van der Waals surface area contributed by atoms with Crippen molar-refractivity contribution in [1.82, 2.24) is 14.8 Å². The summed E-state index contributed by atoms with van der Waals surface area (Å²) in [5.74, 6) is 1.15. The fourth-order valence-electron chi connectivity index (χ4n) is 2.80. The van der Waals surface area contributed by atoms with Crippen LogP contribution in [0, 0.1) is 5.92 Å². The minimum Gasteiger partial charge on any atom is -0.305 e. The number of hydrogen-bond acceptors (Lipinski definition) is 4. The van der Waals surface area contributed by atoms with Gasteiger partial charge in [-0.25, -0.2) is 9.67 Å². The molecule has 0 spiro atoms. The van der Waals surface area contributed by atoms with Crippen LogP contribution in [-0.4, -0.2) is 20.7 Å². The van der Waals surface area contributed by atoms with Gasteiger partial charge < -0.3 is 5.32 Å². The quantitative estimate of drug-likeness (QED) is 0.694. The van der Waals surface area contributed by atoms with Gasteiger partial charge in [-0.2, -0.15) is 5.10 Å². The van der Waals surface area contributed by atoms with Crippen LogP contribution < -0.4 is 5.32 Å². The molecule has 1 saturated carbocycles. The van der Waals surface area contributed by atoms with Crippen molar-refractivity contribution in [2.24, 2.45) is 5.92 Å². The topological polar surface area (TPSA) is 59.8 Å². The van der Waals surface area contributed by atoms with E-state index in [4.69, 9.17) is 11.6 Å². The molecule has 25 heavy (non-hydrogen) atoms. The maximum atomic E-state index is 12.5. The van der Waals surface area contributed by atoms with Crippen molar-refractivity contribution in [1.29, 1.82) is 0 Å². The van der Waals surface area contributed by atoms with E-state index in [1.54, 1.807) is 11.6 Å². The molecule has 1 aliphatic rings. The molecule has 1 N–H and O–H groups in total. The summed E-state index contributed by atoms with van der Waals surface area (Å²) < 4.78 is 1.89. The highest BCUT2D eigenvalue weighted by Gasteiger charge is 2.30. The van der Waals surface area contributed by atoms with E-state index in [1.807, 2.05) is 35.0 Å². The molecule has 0 saturated heterocycles. The molecule has 1 amide bonds. The molecule has 1 fully saturated rings. The minimum absolute atomic E-state index is 0.221. The van der Waals surface area contributed by atoms with Crippen LogP contribution in [-0.2, 0) is 0 Å². The Labute approximate surface area is 154 Å². The summed E-state index contributed by atoms with van der Waals surface area (Å²) in [5.41, 5.74) is 1.35. The van der Waals surface area contributed by atoms with Crippen molar-refractivity contribution in [3.63, 3.8) is 0 Å². The maximum Gasteiger partial charge on any atom is 0.276 e. The number of aromatic nitrogens is 3. The summed E-state index contributed by atoms with van der Waals surface area (Å²) in [7, 11) is 0. The van der Waals surface area contributed by atoms with Gasteiger partial charge in [0.15, 0.2) is 0 Å². The van der Waals surface area contributed by atoms with Gasteiger partial charge in [0.25, 0.3) is 5.91 Å². The smallest absolute Gasteiger partial charge is 0.276 e. The van der Waals surface area contributed by atoms with E-state index in [0.29, 0.717) is 28.5 Å². The fourth-order valence-corrected chi connectivity index (χ4v) is 3.73. The third-order valence-corrected chi connectivity index (χ3v) is 5.57. The van der Waals surface area contributed by atoms with E-state index in [0.717, 1.165) is 10.6 Å². The second-order valence-electron chi connectivity index (χ2n) is 6.24. The first kappa shape index (κ1) is 16.3. The molecule has 2 aromatic heterocycles. The molecule has 1 aromatic carbocycles. The van der Waals surface area contributed by atoms with Gasteiger partial charge in [0, 0.05) is 22.0 Å². The molecule has 1 unspecified atom stereocenters. The van der Waals surface area contributed by atoms with E-state index < -0.39 is 0 Å². The number of anilines is 1. The van der Waals surface area contributed by atoms with Gasteiger partial charge in [0.2, 0.25) is 0 Å². The van der Waals surface area contributed by atoms with E-state index in [-0.39, 0.29) is 5.91 Å². The zero-order valence-electron chi connectivity index (χ0n) is 13.6. The molecule has 1 aliphatic carbocycles. The summed E-state index contributed by atoms with van der Waals surface area (Å²) in [6.45, 7) is 2.14. The lowest BCUT2D eigenvalue weighted by molar-refractivity contribution is 0.102.